The second-order valence-electron chi connectivity index (χ2n) is 4.51. The monoisotopic (exact) mass is 279 g/mol. The number of rotatable bonds is 7. The van der Waals surface area contributed by atoms with Gasteiger partial charge in [0.05, 0.1) is 25.4 Å². The van der Waals surface area contributed by atoms with E-state index in [2.05, 4.69) is 5.32 Å². The van der Waals surface area contributed by atoms with Crippen LogP contribution in [0.3, 0.4) is 0 Å². The van der Waals surface area contributed by atoms with Gasteiger partial charge in [0, 0.05) is 5.92 Å². The maximum atomic E-state index is 10.5. The first-order valence-corrected chi connectivity index (χ1v) is 6.08. The SMILES string of the molecule is CC1C(OCN[C@H](C=O)CO)OC(CO)C(O)C1O. The standard InChI is InChI=1S/C11H21NO7/c1-6-9(16)10(17)8(4-15)19-11(6)18-5-12-7(2-13)3-14/h2,6-12,14-17H,3-5H2,1H3/t6?,7-,8?,9?,10?,11?/m1/s1. The molecule has 0 aromatic carbocycles. The number of aldehydes is 1. The number of aliphatic hydroxyl groups is 4. The highest BCUT2D eigenvalue weighted by atomic mass is 16.7. The van der Waals surface area contributed by atoms with Crippen LogP contribution < -0.4 is 5.32 Å². The van der Waals surface area contributed by atoms with Gasteiger partial charge in [-0.2, -0.15) is 0 Å². The smallest absolute Gasteiger partial charge is 0.165 e. The third-order valence-corrected chi connectivity index (χ3v) is 3.14. The highest BCUT2D eigenvalue weighted by molar-refractivity contribution is 5.57. The van der Waals surface area contributed by atoms with Gasteiger partial charge in [0.2, 0.25) is 0 Å². The van der Waals surface area contributed by atoms with Crippen molar-refractivity contribution < 1.29 is 34.7 Å². The average molecular weight is 279 g/mol. The third-order valence-electron chi connectivity index (χ3n) is 3.14. The molecule has 1 aliphatic heterocycles. The van der Waals surface area contributed by atoms with Gasteiger partial charge in [-0.1, -0.05) is 6.92 Å². The van der Waals surface area contributed by atoms with Crippen LogP contribution in [0.1, 0.15) is 6.92 Å². The van der Waals surface area contributed by atoms with Gasteiger partial charge in [0.1, 0.15) is 25.2 Å². The van der Waals surface area contributed by atoms with Crippen LogP contribution >= 0.6 is 0 Å². The zero-order valence-corrected chi connectivity index (χ0v) is 10.7. The van der Waals surface area contributed by atoms with E-state index in [0.717, 1.165) is 0 Å². The third kappa shape index (κ3) is 4.18. The van der Waals surface area contributed by atoms with Gasteiger partial charge in [0.25, 0.3) is 0 Å². The lowest BCUT2D eigenvalue weighted by molar-refractivity contribution is -0.284. The summed E-state index contributed by atoms with van der Waals surface area (Å²) in [6.07, 6.45) is -3.45. The Balaban J connectivity index is 2.46. The minimum absolute atomic E-state index is 0.0695. The van der Waals surface area contributed by atoms with Crippen LogP contribution in [0.15, 0.2) is 0 Å². The predicted molar refractivity (Wildman–Crippen MR) is 62.9 cm³/mol. The Morgan fingerprint density at radius 2 is 2.05 bits per heavy atom. The van der Waals surface area contributed by atoms with Crippen LogP contribution in [0.2, 0.25) is 0 Å². The van der Waals surface area contributed by atoms with Crippen molar-refractivity contribution in [3.05, 3.63) is 0 Å². The lowest BCUT2D eigenvalue weighted by Gasteiger charge is -2.40. The second kappa shape index (κ2) is 7.85. The van der Waals surface area contributed by atoms with Gasteiger partial charge < -0.3 is 34.7 Å². The Hall–Kier alpha value is -0.610. The highest BCUT2D eigenvalue weighted by Crippen LogP contribution is 2.26. The predicted octanol–water partition coefficient (Wildman–Crippen LogP) is -2.81. The second-order valence-corrected chi connectivity index (χ2v) is 4.51. The normalized spacial score (nSPS) is 37.0. The Morgan fingerprint density at radius 3 is 2.58 bits per heavy atom. The van der Waals surface area contributed by atoms with E-state index in [1.807, 2.05) is 0 Å². The molecule has 5 unspecified atom stereocenters. The molecule has 112 valence electrons. The number of nitrogens with one attached hydrogen (secondary N) is 1. The van der Waals surface area contributed by atoms with Gasteiger partial charge in [0.15, 0.2) is 6.29 Å². The fourth-order valence-corrected chi connectivity index (χ4v) is 1.80. The number of hydrogen-bond donors (Lipinski definition) is 5. The average Bonchev–Trinajstić information content (AvgIpc) is 2.43. The van der Waals surface area contributed by atoms with Gasteiger partial charge in [-0.15, -0.1) is 0 Å². The molecule has 6 atom stereocenters. The Morgan fingerprint density at radius 1 is 1.37 bits per heavy atom. The molecule has 0 bridgehead atoms. The number of carbonyl (C=O) groups excluding carboxylic acids is 1. The summed E-state index contributed by atoms with van der Waals surface area (Å²) in [6, 6.07) is -0.733. The van der Waals surface area contributed by atoms with E-state index in [1.54, 1.807) is 6.92 Å². The van der Waals surface area contributed by atoms with Crippen LogP contribution in [0, 0.1) is 5.92 Å². The van der Waals surface area contributed by atoms with E-state index in [9.17, 15) is 15.0 Å². The zero-order chi connectivity index (χ0) is 14.4. The van der Waals surface area contributed by atoms with E-state index >= 15 is 0 Å². The molecule has 1 rings (SSSR count). The summed E-state index contributed by atoms with van der Waals surface area (Å²) >= 11 is 0. The number of hydrogen-bond acceptors (Lipinski definition) is 8. The van der Waals surface area contributed by atoms with Crippen LogP contribution in [0.5, 0.6) is 0 Å². The van der Waals surface area contributed by atoms with Crippen LogP contribution in [-0.4, -0.2) is 77.3 Å². The van der Waals surface area contributed by atoms with Gasteiger partial charge in [-0.05, 0) is 0 Å². The Labute approximate surface area is 110 Å². The summed E-state index contributed by atoms with van der Waals surface area (Å²) in [5.41, 5.74) is 0. The molecule has 0 spiro atoms. The molecule has 0 saturated carbocycles. The summed E-state index contributed by atoms with van der Waals surface area (Å²) in [6.45, 7) is 0.774. The summed E-state index contributed by atoms with van der Waals surface area (Å²) in [5, 5.41) is 39.8. The van der Waals surface area contributed by atoms with E-state index in [4.69, 9.17) is 19.7 Å². The van der Waals surface area contributed by atoms with Crippen molar-refractivity contribution in [2.75, 3.05) is 19.9 Å². The first kappa shape index (κ1) is 16.4. The summed E-state index contributed by atoms with van der Waals surface area (Å²) in [4.78, 5) is 10.5. The number of aliphatic hydroxyl groups excluding tert-OH is 4. The quantitative estimate of drug-likeness (QED) is 0.249. The van der Waals surface area contributed by atoms with Crippen LogP contribution in [0.25, 0.3) is 0 Å². The van der Waals surface area contributed by atoms with Crippen molar-refractivity contribution in [2.45, 2.75) is 37.6 Å². The molecule has 8 heteroatoms. The molecule has 5 N–H and O–H groups in total. The molecule has 0 aromatic heterocycles. The largest absolute Gasteiger partial charge is 0.394 e. The lowest BCUT2D eigenvalue weighted by Crippen LogP contribution is -2.56. The maximum Gasteiger partial charge on any atom is 0.165 e. The van der Waals surface area contributed by atoms with Crippen LogP contribution in [0.4, 0.5) is 0 Å². The summed E-state index contributed by atoms with van der Waals surface area (Å²) in [5.74, 6) is -0.497. The molecule has 19 heavy (non-hydrogen) atoms. The molecule has 1 heterocycles. The fourth-order valence-electron chi connectivity index (χ4n) is 1.80. The molecular formula is C11H21NO7. The fraction of sp³-hybridized carbons (Fsp3) is 0.909. The molecule has 1 fully saturated rings. The number of ether oxygens (including phenoxy) is 2. The molecule has 8 nitrogen and oxygen atoms in total. The molecule has 1 aliphatic rings. The van der Waals surface area contributed by atoms with E-state index in [0.29, 0.717) is 6.29 Å². The van der Waals surface area contributed by atoms with Gasteiger partial charge in [-0.3, -0.25) is 5.32 Å². The molecule has 0 aromatic rings. The van der Waals surface area contributed by atoms with Crippen molar-refractivity contribution in [2.24, 2.45) is 5.92 Å². The summed E-state index contributed by atoms with van der Waals surface area (Å²) in [7, 11) is 0. The van der Waals surface area contributed by atoms with Crippen molar-refractivity contribution in [1.29, 1.82) is 0 Å². The molecule has 0 aliphatic carbocycles. The Kier molecular flexibility index (Phi) is 6.80. The molecule has 1 saturated heterocycles. The number of carbonyl (C=O) groups is 1. The molecule has 0 amide bonds. The zero-order valence-electron chi connectivity index (χ0n) is 10.7. The van der Waals surface area contributed by atoms with E-state index in [1.165, 1.54) is 0 Å². The van der Waals surface area contributed by atoms with Crippen molar-refractivity contribution in [3.63, 3.8) is 0 Å². The van der Waals surface area contributed by atoms with Gasteiger partial charge in [-0.25, -0.2) is 0 Å². The van der Waals surface area contributed by atoms with Crippen molar-refractivity contribution in [3.8, 4) is 0 Å². The highest BCUT2D eigenvalue weighted by Gasteiger charge is 2.42. The topological polar surface area (TPSA) is 128 Å². The van der Waals surface area contributed by atoms with Gasteiger partial charge >= 0.3 is 0 Å². The van der Waals surface area contributed by atoms with Crippen LogP contribution in [-0.2, 0) is 14.3 Å². The molecule has 0 radical (unpaired) electrons. The lowest BCUT2D eigenvalue weighted by atomic mass is 9.92. The minimum atomic E-state index is -1.17. The molecular weight excluding hydrogens is 258 g/mol. The minimum Gasteiger partial charge on any atom is -0.394 e. The first-order valence-electron chi connectivity index (χ1n) is 6.08. The first-order chi connectivity index (χ1) is 9.04. The van der Waals surface area contributed by atoms with E-state index < -0.39 is 43.2 Å². The van der Waals surface area contributed by atoms with Crippen molar-refractivity contribution >= 4 is 6.29 Å². The maximum absolute atomic E-state index is 10.5. The Bertz CT molecular complexity index is 276. The summed E-state index contributed by atoms with van der Waals surface area (Å²) < 4.78 is 10.6. The van der Waals surface area contributed by atoms with E-state index in [-0.39, 0.29) is 13.3 Å². The van der Waals surface area contributed by atoms with Crippen molar-refractivity contribution in [1.82, 2.24) is 5.32 Å².